The molecule has 1 aliphatic carbocycles. The van der Waals surface area contributed by atoms with Crippen molar-refractivity contribution in [2.75, 3.05) is 0 Å². The number of benzene rings is 1. The topological polar surface area (TPSA) is 49.3 Å². The molecule has 3 nitrogen and oxygen atoms in total. The SMILES string of the molecule is O=C(/C=C/c1ccc(F)cc1)N[C@@H]1CCCC[C@H]1O. The number of aliphatic hydroxyl groups excluding tert-OH is 1. The quantitative estimate of drug-likeness (QED) is 0.822. The molecule has 1 aliphatic rings. The van der Waals surface area contributed by atoms with Gasteiger partial charge in [-0.1, -0.05) is 25.0 Å². The maximum atomic E-state index is 12.7. The number of halogens is 1. The molecule has 2 N–H and O–H groups in total. The first-order chi connectivity index (χ1) is 9.15. The van der Waals surface area contributed by atoms with Gasteiger partial charge in [0, 0.05) is 6.08 Å². The van der Waals surface area contributed by atoms with Crippen LogP contribution in [-0.2, 0) is 4.79 Å². The van der Waals surface area contributed by atoms with E-state index in [1.165, 1.54) is 18.2 Å². The van der Waals surface area contributed by atoms with Crippen LogP contribution in [0.4, 0.5) is 4.39 Å². The van der Waals surface area contributed by atoms with Crippen LogP contribution in [0.5, 0.6) is 0 Å². The molecule has 2 atom stereocenters. The van der Waals surface area contributed by atoms with Gasteiger partial charge >= 0.3 is 0 Å². The summed E-state index contributed by atoms with van der Waals surface area (Å²) in [7, 11) is 0. The molecule has 1 aromatic carbocycles. The zero-order valence-electron chi connectivity index (χ0n) is 10.7. The molecule has 102 valence electrons. The molecule has 0 unspecified atom stereocenters. The second kappa shape index (κ2) is 6.48. The van der Waals surface area contributed by atoms with Gasteiger partial charge in [0.2, 0.25) is 5.91 Å². The smallest absolute Gasteiger partial charge is 0.244 e. The fraction of sp³-hybridized carbons (Fsp3) is 0.400. The third kappa shape index (κ3) is 4.17. The van der Waals surface area contributed by atoms with Crippen LogP contribution >= 0.6 is 0 Å². The lowest BCUT2D eigenvalue weighted by molar-refractivity contribution is -0.118. The molecular formula is C15H18FNO2. The van der Waals surface area contributed by atoms with Crippen LogP contribution in [0, 0.1) is 5.82 Å². The molecule has 0 radical (unpaired) electrons. The minimum absolute atomic E-state index is 0.154. The Labute approximate surface area is 112 Å². The summed E-state index contributed by atoms with van der Waals surface area (Å²) in [5.74, 6) is -0.526. The molecule has 19 heavy (non-hydrogen) atoms. The number of aliphatic hydroxyl groups is 1. The standard InChI is InChI=1S/C15H18FNO2/c16-12-8-5-11(6-9-12)7-10-15(19)17-13-3-1-2-4-14(13)18/h5-10,13-14,18H,1-4H2,(H,17,19)/b10-7+/t13-,14-/m1/s1. The molecular weight excluding hydrogens is 245 g/mol. The fourth-order valence-electron chi connectivity index (χ4n) is 2.26. The van der Waals surface area contributed by atoms with Crippen molar-refractivity contribution in [2.24, 2.45) is 0 Å². The van der Waals surface area contributed by atoms with Gasteiger partial charge in [0.15, 0.2) is 0 Å². The van der Waals surface area contributed by atoms with Crippen molar-refractivity contribution in [2.45, 2.75) is 37.8 Å². The predicted octanol–water partition coefficient (Wildman–Crippen LogP) is 2.26. The van der Waals surface area contributed by atoms with Gasteiger partial charge in [-0.2, -0.15) is 0 Å². The van der Waals surface area contributed by atoms with Crippen molar-refractivity contribution in [3.8, 4) is 0 Å². The van der Waals surface area contributed by atoms with Crippen LogP contribution in [0.2, 0.25) is 0 Å². The van der Waals surface area contributed by atoms with E-state index < -0.39 is 6.10 Å². The van der Waals surface area contributed by atoms with E-state index >= 15 is 0 Å². The molecule has 0 aromatic heterocycles. The summed E-state index contributed by atoms with van der Waals surface area (Å²) in [6, 6.07) is 5.76. The minimum Gasteiger partial charge on any atom is -0.391 e. The molecule has 4 heteroatoms. The highest BCUT2D eigenvalue weighted by Crippen LogP contribution is 2.18. The summed E-state index contributed by atoms with van der Waals surface area (Å²) in [4.78, 5) is 11.7. The lowest BCUT2D eigenvalue weighted by Gasteiger charge is -2.27. The molecule has 1 fully saturated rings. The molecule has 1 saturated carbocycles. The number of rotatable bonds is 3. The minimum atomic E-state index is -0.447. The van der Waals surface area contributed by atoms with E-state index in [4.69, 9.17) is 0 Å². The summed E-state index contributed by atoms with van der Waals surface area (Å²) in [6.45, 7) is 0. The third-order valence-corrected chi connectivity index (χ3v) is 3.35. The van der Waals surface area contributed by atoms with Crippen molar-refractivity contribution in [1.29, 1.82) is 0 Å². The lowest BCUT2D eigenvalue weighted by Crippen LogP contribution is -2.44. The largest absolute Gasteiger partial charge is 0.391 e. The van der Waals surface area contributed by atoms with Crippen molar-refractivity contribution in [3.63, 3.8) is 0 Å². The van der Waals surface area contributed by atoms with Gasteiger partial charge in [0.1, 0.15) is 5.82 Å². The van der Waals surface area contributed by atoms with Gasteiger partial charge in [-0.05, 0) is 36.6 Å². The number of nitrogens with one attached hydrogen (secondary N) is 1. The zero-order valence-corrected chi connectivity index (χ0v) is 10.7. The molecule has 0 spiro atoms. The van der Waals surface area contributed by atoms with E-state index in [9.17, 15) is 14.3 Å². The summed E-state index contributed by atoms with van der Waals surface area (Å²) in [6.07, 6.45) is 6.20. The molecule has 1 aromatic rings. The van der Waals surface area contributed by atoms with Crippen molar-refractivity contribution >= 4 is 12.0 Å². The number of carbonyl (C=O) groups is 1. The van der Waals surface area contributed by atoms with E-state index in [0.717, 1.165) is 31.2 Å². The predicted molar refractivity (Wildman–Crippen MR) is 71.8 cm³/mol. The van der Waals surface area contributed by atoms with Gasteiger partial charge < -0.3 is 10.4 Å². The highest BCUT2D eigenvalue weighted by molar-refractivity contribution is 5.91. The van der Waals surface area contributed by atoms with Crippen LogP contribution in [0.25, 0.3) is 6.08 Å². The first-order valence-electron chi connectivity index (χ1n) is 6.57. The Bertz CT molecular complexity index is 456. The van der Waals surface area contributed by atoms with Gasteiger partial charge in [-0.3, -0.25) is 4.79 Å². The summed E-state index contributed by atoms with van der Waals surface area (Å²) in [5, 5.41) is 12.6. The van der Waals surface area contributed by atoms with E-state index in [-0.39, 0.29) is 17.8 Å². The first kappa shape index (κ1) is 13.7. The Morgan fingerprint density at radius 1 is 1.26 bits per heavy atom. The van der Waals surface area contributed by atoms with Crippen LogP contribution in [-0.4, -0.2) is 23.2 Å². The highest BCUT2D eigenvalue weighted by atomic mass is 19.1. The van der Waals surface area contributed by atoms with Crippen LogP contribution in [0.1, 0.15) is 31.2 Å². The molecule has 1 amide bonds. The molecule has 0 heterocycles. The Balaban J connectivity index is 1.88. The van der Waals surface area contributed by atoms with Gasteiger partial charge in [0.25, 0.3) is 0 Å². The van der Waals surface area contributed by atoms with Crippen LogP contribution in [0.3, 0.4) is 0 Å². The van der Waals surface area contributed by atoms with E-state index in [1.807, 2.05) is 0 Å². The second-order valence-corrected chi connectivity index (χ2v) is 4.85. The van der Waals surface area contributed by atoms with Crippen LogP contribution < -0.4 is 5.32 Å². The van der Waals surface area contributed by atoms with Gasteiger partial charge in [-0.15, -0.1) is 0 Å². The number of amides is 1. The van der Waals surface area contributed by atoms with E-state index in [2.05, 4.69) is 5.32 Å². The number of hydrogen-bond donors (Lipinski definition) is 2. The fourth-order valence-corrected chi connectivity index (χ4v) is 2.26. The average molecular weight is 263 g/mol. The lowest BCUT2D eigenvalue weighted by atomic mass is 9.92. The Hall–Kier alpha value is -1.68. The molecule has 0 bridgehead atoms. The second-order valence-electron chi connectivity index (χ2n) is 4.85. The third-order valence-electron chi connectivity index (χ3n) is 3.35. The van der Waals surface area contributed by atoms with Crippen LogP contribution in [0.15, 0.2) is 30.3 Å². The summed E-state index contributed by atoms with van der Waals surface area (Å²) >= 11 is 0. The van der Waals surface area contributed by atoms with Gasteiger partial charge in [-0.25, -0.2) is 4.39 Å². The molecule has 0 saturated heterocycles. The Morgan fingerprint density at radius 3 is 2.63 bits per heavy atom. The average Bonchev–Trinajstić information content (AvgIpc) is 2.41. The summed E-state index contributed by atoms with van der Waals surface area (Å²) < 4.78 is 12.7. The zero-order chi connectivity index (χ0) is 13.7. The van der Waals surface area contributed by atoms with Crippen molar-refractivity contribution in [1.82, 2.24) is 5.32 Å². The van der Waals surface area contributed by atoms with Crippen molar-refractivity contribution in [3.05, 3.63) is 41.7 Å². The maximum Gasteiger partial charge on any atom is 0.244 e. The van der Waals surface area contributed by atoms with Gasteiger partial charge in [0.05, 0.1) is 12.1 Å². The normalized spacial score (nSPS) is 23.5. The highest BCUT2D eigenvalue weighted by Gasteiger charge is 2.23. The number of carbonyl (C=O) groups excluding carboxylic acids is 1. The summed E-state index contributed by atoms with van der Waals surface area (Å²) in [5.41, 5.74) is 0.765. The Kier molecular flexibility index (Phi) is 4.68. The van der Waals surface area contributed by atoms with E-state index in [0.29, 0.717) is 0 Å². The van der Waals surface area contributed by atoms with E-state index in [1.54, 1.807) is 18.2 Å². The van der Waals surface area contributed by atoms with Crippen molar-refractivity contribution < 1.29 is 14.3 Å². The molecule has 0 aliphatic heterocycles. The number of hydrogen-bond acceptors (Lipinski definition) is 2. The monoisotopic (exact) mass is 263 g/mol. The maximum absolute atomic E-state index is 12.7. The molecule has 2 rings (SSSR count). The Morgan fingerprint density at radius 2 is 1.95 bits per heavy atom. The first-order valence-corrected chi connectivity index (χ1v) is 6.57.